The van der Waals surface area contributed by atoms with E-state index in [2.05, 4.69) is 24.9 Å². The van der Waals surface area contributed by atoms with Crippen molar-refractivity contribution in [2.45, 2.75) is 6.42 Å². The molecule has 0 amide bonds. The van der Waals surface area contributed by atoms with Gasteiger partial charge in [0.2, 0.25) is 0 Å². The first kappa shape index (κ1) is 8.90. The molecule has 3 rings (SSSR count). The van der Waals surface area contributed by atoms with Crippen LogP contribution in [0.15, 0.2) is 29.9 Å². The van der Waals surface area contributed by atoms with Crippen LogP contribution >= 0.6 is 0 Å². The summed E-state index contributed by atoms with van der Waals surface area (Å²) >= 11 is 0. The lowest BCUT2D eigenvalue weighted by Crippen LogP contribution is -2.12. The van der Waals surface area contributed by atoms with Crippen LogP contribution in [0.1, 0.15) is 12.1 Å². The molecule has 16 heavy (non-hydrogen) atoms. The van der Waals surface area contributed by atoms with Gasteiger partial charge in [-0.2, -0.15) is 0 Å². The molecule has 0 bridgehead atoms. The van der Waals surface area contributed by atoms with E-state index in [1.807, 2.05) is 0 Å². The van der Waals surface area contributed by atoms with Crippen molar-refractivity contribution in [3.05, 3.63) is 30.6 Å². The van der Waals surface area contributed by atoms with Crippen molar-refractivity contribution in [3.63, 3.8) is 0 Å². The summed E-state index contributed by atoms with van der Waals surface area (Å²) in [7, 11) is 0. The Morgan fingerprint density at radius 1 is 1.25 bits per heavy atom. The van der Waals surface area contributed by atoms with Crippen LogP contribution in [0.5, 0.6) is 0 Å². The molecule has 2 aromatic rings. The van der Waals surface area contributed by atoms with Gasteiger partial charge in [0, 0.05) is 6.20 Å². The zero-order valence-electron chi connectivity index (χ0n) is 8.21. The number of rotatable bonds is 1. The average Bonchev–Trinajstić information content (AvgIpc) is 2.76. The summed E-state index contributed by atoms with van der Waals surface area (Å²) in [6, 6.07) is 0. The molecular formula is C10H7N5O. The highest BCUT2D eigenvalue weighted by Gasteiger charge is 2.16. The molecule has 1 aliphatic rings. The normalized spacial score (nSPS) is 15.5. The van der Waals surface area contributed by atoms with Gasteiger partial charge in [0.05, 0.1) is 18.5 Å². The summed E-state index contributed by atoms with van der Waals surface area (Å²) in [6.07, 6.45) is 6.18. The Hall–Kier alpha value is -2.37. The first-order chi connectivity index (χ1) is 7.84. The minimum absolute atomic E-state index is 0.0243. The fraction of sp³-hybridized carbons (Fsp3) is 0.100. The third kappa shape index (κ3) is 1.31. The van der Waals surface area contributed by atoms with Crippen LogP contribution in [0.2, 0.25) is 0 Å². The molecule has 0 aromatic carbocycles. The van der Waals surface area contributed by atoms with E-state index in [0.29, 0.717) is 22.6 Å². The molecule has 3 heterocycles. The number of ketones is 1. The predicted molar refractivity (Wildman–Crippen MR) is 57.0 cm³/mol. The number of hydrogen-bond donors (Lipinski definition) is 1. The number of hydrogen-bond acceptors (Lipinski definition) is 5. The molecule has 0 radical (unpaired) electrons. The third-order valence-electron chi connectivity index (χ3n) is 2.33. The van der Waals surface area contributed by atoms with E-state index in [4.69, 9.17) is 0 Å². The number of carbonyl (C=O) groups is 1. The molecule has 1 aliphatic heterocycles. The number of nitrogens with zero attached hydrogens (tertiary/aromatic N) is 4. The quantitative estimate of drug-likeness (QED) is 0.752. The first-order valence-electron chi connectivity index (χ1n) is 4.75. The minimum Gasteiger partial charge on any atom is -0.341 e. The average molecular weight is 213 g/mol. The molecular weight excluding hydrogens is 206 g/mol. The van der Waals surface area contributed by atoms with Gasteiger partial charge in [0.25, 0.3) is 0 Å². The molecule has 0 fully saturated rings. The highest BCUT2D eigenvalue weighted by Crippen LogP contribution is 2.14. The van der Waals surface area contributed by atoms with Gasteiger partial charge in [-0.15, -0.1) is 0 Å². The third-order valence-corrected chi connectivity index (χ3v) is 2.33. The van der Waals surface area contributed by atoms with Crippen LogP contribution in [0.25, 0.3) is 11.2 Å². The van der Waals surface area contributed by atoms with Crippen molar-refractivity contribution in [1.29, 1.82) is 0 Å². The number of carbonyl (C=O) groups excluding carboxylic acids is 1. The van der Waals surface area contributed by atoms with E-state index in [1.54, 1.807) is 6.33 Å². The van der Waals surface area contributed by atoms with Crippen molar-refractivity contribution >= 4 is 22.7 Å². The largest absolute Gasteiger partial charge is 0.341 e. The van der Waals surface area contributed by atoms with Gasteiger partial charge < -0.3 is 4.98 Å². The van der Waals surface area contributed by atoms with Crippen LogP contribution in [0.3, 0.4) is 0 Å². The zero-order valence-corrected chi connectivity index (χ0v) is 8.21. The predicted octanol–water partition coefficient (Wildman–Crippen LogP) is 0.628. The summed E-state index contributed by atoms with van der Waals surface area (Å²) in [5, 5.41) is 0. The fourth-order valence-corrected chi connectivity index (χ4v) is 1.61. The minimum atomic E-state index is 0.0243. The Morgan fingerprint density at radius 3 is 3.06 bits per heavy atom. The first-order valence-corrected chi connectivity index (χ1v) is 4.75. The van der Waals surface area contributed by atoms with Gasteiger partial charge in [-0.05, 0) is 6.08 Å². The van der Waals surface area contributed by atoms with Crippen molar-refractivity contribution in [1.82, 2.24) is 19.9 Å². The molecule has 0 aliphatic carbocycles. The number of allylic oxidation sites excluding steroid dienone is 1. The molecule has 0 spiro atoms. The van der Waals surface area contributed by atoms with E-state index < -0.39 is 0 Å². The molecule has 6 heteroatoms. The van der Waals surface area contributed by atoms with E-state index in [0.717, 1.165) is 0 Å². The zero-order chi connectivity index (χ0) is 11.0. The lowest BCUT2D eigenvalue weighted by atomic mass is 10.1. The van der Waals surface area contributed by atoms with Crippen LogP contribution in [0.4, 0.5) is 0 Å². The Labute approximate surface area is 90.2 Å². The maximum Gasteiger partial charge on any atom is 0.181 e. The lowest BCUT2D eigenvalue weighted by molar-refractivity contribution is -0.113. The second-order valence-corrected chi connectivity index (χ2v) is 3.36. The Balaban J connectivity index is 2.19. The maximum absolute atomic E-state index is 11.3. The molecule has 0 saturated heterocycles. The van der Waals surface area contributed by atoms with Crippen LogP contribution < -0.4 is 0 Å². The van der Waals surface area contributed by atoms with Gasteiger partial charge in [0.1, 0.15) is 17.5 Å². The van der Waals surface area contributed by atoms with E-state index in [-0.39, 0.29) is 12.2 Å². The fourth-order valence-electron chi connectivity index (χ4n) is 1.61. The molecule has 6 nitrogen and oxygen atoms in total. The Morgan fingerprint density at radius 2 is 2.19 bits per heavy atom. The second kappa shape index (κ2) is 3.34. The standard InChI is InChI=1S/C10H7N5O/c16-6-1-2-11-7(3-6)8-9-10(14-4-12-8)15-5-13-9/h1-2,4-5H,3H2,(H,12,13,14,15). The van der Waals surface area contributed by atoms with Crippen molar-refractivity contribution in [2.24, 2.45) is 4.99 Å². The highest BCUT2D eigenvalue weighted by molar-refractivity contribution is 6.18. The highest BCUT2D eigenvalue weighted by atomic mass is 16.1. The van der Waals surface area contributed by atoms with Crippen LogP contribution in [-0.2, 0) is 4.79 Å². The molecule has 0 unspecified atom stereocenters. The number of imidazole rings is 1. The molecule has 0 atom stereocenters. The SMILES string of the molecule is O=C1C=CN=C(c2ncnc3nc[nH]c23)C1. The lowest BCUT2D eigenvalue weighted by Gasteiger charge is -2.06. The van der Waals surface area contributed by atoms with Gasteiger partial charge >= 0.3 is 0 Å². The van der Waals surface area contributed by atoms with E-state index in [9.17, 15) is 4.79 Å². The van der Waals surface area contributed by atoms with Gasteiger partial charge in [-0.1, -0.05) is 0 Å². The summed E-state index contributed by atoms with van der Waals surface area (Å²) in [4.78, 5) is 30.6. The summed E-state index contributed by atoms with van der Waals surface area (Å²) < 4.78 is 0. The van der Waals surface area contributed by atoms with Crippen molar-refractivity contribution in [3.8, 4) is 0 Å². The number of aromatic nitrogens is 4. The van der Waals surface area contributed by atoms with Gasteiger partial charge in [0.15, 0.2) is 11.4 Å². The Bertz CT molecular complexity index is 625. The monoisotopic (exact) mass is 213 g/mol. The number of aromatic amines is 1. The van der Waals surface area contributed by atoms with E-state index >= 15 is 0 Å². The summed E-state index contributed by atoms with van der Waals surface area (Å²) in [5.41, 5.74) is 2.57. The molecule has 2 aromatic heterocycles. The van der Waals surface area contributed by atoms with Crippen LogP contribution in [0, 0.1) is 0 Å². The van der Waals surface area contributed by atoms with Crippen molar-refractivity contribution in [2.75, 3.05) is 0 Å². The second-order valence-electron chi connectivity index (χ2n) is 3.36. The number of H-pyrrole nitrogens is 1. The van der Waals surface area contributed by atoms with Gasteiger partial charge in [-0.3, -0.25) is 9.79 Å². The number of nitrogens with one attached hydrogen (secondary N) is 1. The topological polar surface area (TPSA) is 83.9 Å². The van der Waals surface area contributed by atoms with Gasteiger partial charge in [-0.25, -0.2) is 15.0 Å². The number of fused-ring (bicyclic) bond motifs is 1. The summed E-state index contributed by atoms with van der Waals surface area (Å²) in [6.45, 7) is 0. The maximum atomic E-state index is 11.3. The Kier molecular flexibility index (Phi) is 1.86. The summed E-state index contributed by atoms with van der Waals surface area (Å²) in [5.74, 6) is 0.0243. The van der Waals surface area contributed by atoms with E-state index in [1.165, 1.54) is 18.6 Å². The molecule has 1 N–H and O–H groups in total. The smallest absolute Gasteiger partial charge is 0.181 e. The van der Waals surface area contributed by atoms with Crippen molar-refractivity contribution < 1.29 is 4.79 Å². The number of aliphatic imine (C=N–C) groups is 1. The molecule has 78 valence electrons. The molecule has 0 saturated carbocycles. The van der Waals surface area contributed by atoms with Crippen LogP contribution in [-0.4, -0.2) is 31.4 Å².